The fourth-order valence-electron chi connectivity index (χ4n) is 1.66. The van der Waals surface area contributed by atoms with E-state index in [0.29, 0.717) is 0 Å². The molecule has 0 aliphatic rings. The van der Waals surface area contributed by atoms with Gasteiger partial charge >= 0.3 is 0 Å². The molecular formula is C12H19NO. The molecule has 1 aromatic rings. The summed E-state index contributed by atoms with van der Waals surface area (Å²) in [5.74, 6) is 0. The Balaban J connectivity index is 3.49. The number of rotatable bonds is 1. The first-order valence-corrected chi connectivity index (χ1v) is 4.92. The third-order valence-electron chi connectivity index (χ3n) is 2.88. The maximum Gasteiger partial charge on any atom is 0.101 e. The van der Waals surface area contributed by atoms with Crippen LogP contribution in [0.25, 0.3) is 0 Å². The summed E-state index contributed by atoms with van der Waals surface area (Å²) in [5, 5.41) is 9.95. The zero-order valence-corrected chi connectivity index (χ0v) is 9.89. The van der Waals surface area contributed by atoms with Crippen LogP contribution in [-0.4, -0.2) is 10.1 Å². The van der Waals surface area contributed by atoms with Gasteiger partial charge in [0.2, 0.25) is 0 Å². The molecule has 0 aliphatic carbocycles. The van der Waals surface area contributed by atoms with Crippen LogP contribution >= 0.6 is 0 Å². The average molecular weight is 193 g/mol. The molecule has 1 N–H and O–H groups in total. The maximum absolute atomic E-state index is 9.95. The summed E-state index contributed by atoms with van der Waals surface area (Å²) in [7, 11) is 0. The van der Waals surface area contributed by atoms with Crippen LogP contribution in [-0.2, 0) is 5.60 Å². The Kier molecular flexibility index (Phi) is 2.68. The van der Waals surface area contributed by atoms with Gasteiger partial charge in [-0.1, -0.05) is 0 Å². The van der Waals surface area contributed by atoms with Gasteiger partial charge < -0.3 is 5.11 Å². The summed E-state index contributed by atoms with van der Waals surface area (Å²) >= 11 is 0. The third kappa shape index (κ3) is 1.80. The van der Waals surface area contributed by atoms with Gasteiger partial charge in [0.1, 0.15) is 5.60 Å². The summed E-state index contributed by atoms with van der Waals surface area (Å²) in [6.07, 6.45) is 0. The molecule has 0 amide bonds. The summed E-state index contributed by atoms with van der Waals surface area (Å²) in [5.41, 5.74) is 4.49. The summed E-state index contributed by atoms with van der Waals surface area (Å²) in [6, 6.07) is 0. The van der Waals surface area contributed by atoms with Gasteiger partial charge in [0, 0.05) is 5.69 Å². The first-order valence-electron chi connectivity index (χ1n) is 4.92. The molecule has 0 atom stereocenters. The Morgan fingerprint density at radius 1 is 0.929 bits per heavy atom. The van der Waals surface area contributed by atoms with Crippen molar-refractivity contribution in [1.29, 1.82) is 0 Å². The lowest BCUT2D eigenvalue weighted by Gasteiger charge is -2.22. The Bertz CT molecular complexity index is 362. The van der Waals surface area contributed by atoms with E-state index in [9.17, 15) is 5.11 Å². The zero-order chi connectivity index (χ0) is 11.1. The van der Waals surface area contributed by atoms with Crippen molar-refractivity contribution in [1.82, 2.24) is 4.98 Å². The van der Waals surface area contributed by atoms with Gasteiger partial charge in [-0.15, -0.1) is 0 Å². The molecule has 1 rings (SSSR count). The monoisotopic (exact) mass is 193 g/mol. The van der Waals surface area contributed by atoms with Crippen molar-refractivity contribution >= 4 is 0 Å². The first-order chi connectivity index (χ1) is 6.25. The molecule has 0 radical (unpaired) electrons. The third-order valence-corrected chi connectivity index (χ3v) is 2.88. The second-order valence-electron chi connectivity index (χ2n) is 4.48. The Morgan fingerprint density at radius 3 is 1.86 bits per heavy atom. The van der Waals surface area contributed by atoms with Crippen molar-refractivity contribution in [2.45, 2.75) is 47.1 Å². The largest absolute Gasteiger partial charge is 0.384 e. The molecule has 0 aromatic carbocycles. The number of nitrogens with zero attached hydrogens (tertiary/aromatic N) is 1. The van der Waals surface area contributed by atoms with Crippen LogP contribution in [0.3, 0.4) is 0 Å². The maximum atomic E-state index is 9.95. The van der Waals surface area contributed by atoms with Crippen LogP contribution in [0.1, 0.15) is 41.9 Å². The topological polar surface area (TPSA) is 33.1 Å². The molecule has 0 fully saturated rings. The van der Waals surface area contributed by atoms with Crippen LogP contribution in [0.4, 0.5) is 0 Å². The van der Waals surface area contributed by atoms with Gasteiger partial charge in [0.15, 0.2) is 0 Å². The van der Waals surface area contributed by atoms with Gasteiger partial charge in [-0.25, -0.2) is 0 Å². The Hall–Kier alpha value is -0.890. The van der Waals surface area contributed by atoms with E-state index >= 15 is 0 Å². The van der Waals surface area contributed by atoms with Crippen molar-refractivity contribution in [3.8, 4) is 0 Å². The lowest BCUT2D eigenvalue weighted by molar-refractivity contribution is 0.0728. The highest BCUT2D eigenvalue weighted by molar-refractivity contribution is 5.39. The van der Waals surface area contributed by atoms with Crippen molar-refractivity contribution < 1.29 is 5.11 Å². The molecule has 2 nitrogen and oxygen atoms in total. The van der Waals surface area contributed by atoms with Crippen molar-refractivity contribution in [3.05, 3.63) is 28.1 Å². The van der Waals surface area contributed by atoms with E-state index < -0.39 is 5.60 Å². The minimum absolute atomic E-state index is 0.790. The van der Waals surface area contributed by atoms with Crippen molar-refractivity contribution in [2.24, 2.45) is 0 Å². The van der Waals surface area contributed by atoms with Crippen LogP contribution in [0.5, 0.6) is 0 Å². The quantitative estimate of drug-likeness (QED) is 0.743. The van der Waals surface area contributed by atoms with Crippen LogP contribution < -0.4 is 0 Å². The van der Waals surface area contributed by atoms with Gasteiger partial charge in [-0.05, 0) is 58.2 Å². The normalized spacial score (nSPS) is 11.9. The van der Waals surface area contributed by atoms with E-state index in [1.165, 1.54) is 11.1 Å². The van der Waals surface area contributed by atoms with Crippen molar-refractivity contribution in [2.75, 3.05) is 0 Å². The highest BCUT2D eigenvalue weighted by Crippen LogP contribution is 2.26. The zero-order valence-electron chi connectivity index (χ0n) is 9.89. The van der Waals surface area contributed by atoms with E-state index in [0.717, 1.165) is 17.0 Å². The van der Waals surface area contributed by atoms with Crippen LogP contribution in [0.2, 0.25) is 0 Å². The van der Waals surface area contributed by atoms with Gasteiger partial charge in [0.25, 0.3) is 0 Å². The minimum Gasteiger partial charge on any atom is -0.384 e. The van der Waals surface area contributed by atoms with Crippen molar-refractivity contribution in [3.63, 3.8) is 0 Å². The first kappa shape index (κ1) is 11.2. The van der Waals surface area contributed by atoms with E-state index in [2.05, 4.69) is 18.8 Å². The van der Waals surface area contributed by atoms with E-state index in [1.807, 2.05) is 13.8 Å². The number of pyridine rings is 1. The molecule has 0 saturated heterocycles. The molecule has 1 heterocycles. The second-order valence-corrected chi connectivity index (χ2v) is 4.48. The van der Waals surface area contributed by atoms with Crippen LogP contribution in [0.15, 0.2) is 0 Å². The summed E-state index contributed by atoms with van der Waals surface area (Å²) in [6.45, 7) is 11.7. The fourth-order valence-corrected chi connectivity index (χ4v) is 1.66. The number of hydrogen-bond donors (Lipinski definition) is 1. The molecule has 2 heteroatoms. The van der Waals surface area contributed by atoms with Gasteiger partial charge in [-0.3, -0.25) is 4.98 Å². The number of aliphatic hydroxyl groups is 1. The second kappa shape index (κ2) is 3.35. The van der Waals surface area contributed by atoms with Gasteiger partial charge in [-0.2, -0.15) is 0 Å². The average Bonchev–Trinajstić information content (AvgIpc) is 2.06. The summed E-state index contributed by atoms with van der Waals surface area (Å²) in [4.78, 5) is 4.45. The molecule has 0 spiro atoms. The predicted octanol–water partition coefficient (Wildman–Crippen LogP) is 2.54. The molecule has 78 valence electrons. The Morgan fingerprint density at radius 2 is 1.43 bits per heavy atom. The molecule has 1 aromatic heterocycles. The standard InChI is InChI=1S/C12H19NO/c1-7-8(2)10(4)13-11(9(7)3)12(5,6)14/h14H,1-6H3. The smallest absolute Gasteiger partial charge is 0.101 e. The number of hydrogen-bond acceptors (Lipinski definition) is 2. The molecule has 0 bridgehead atoms. The molecular weight excluding hydrogens is 174 g/mol. The lowest BCUT2D eigenvalue weighted by atomic mass is 9.94. The number of aryl methyl sites for hydroxylation is 1. The lowest BCUT2D eigenvalue weighted by Crippen LogP contribution is -2.21. The molecule has 0 unspecified atom stereocenters. The van der Waals surface area contributed by atoms with Gasteiger partial charge in [0.05, 0.1) is 5.69 Å². The fraction of sp³-hybridized carbons (Fsp3) is 0.583. The highest BCUT2D eigenvalue weighted by Gasteiger charge is 2.22. The summed E-state index contributed by atoms with van der Waals surface area (Å²) < 4.78 is 0. The Labute approximate surface area is 86.0 Å². The minimum atomic E-state index is -0.854. The molecule has 0 saturated carbocycles. The van der Waals surface area contributed by atoms with E-state index in [1.54, 1.807) is 13.8 Å². The van der Waals surface area contributed by atoms with Crippen LogP contribution in [0, 0.1) is 27.7 Å². The highest BCUT2D eigenvalue weighted by atomic mass is 16.3. The molecule has 14 heavy (non-hydrogen) atoms. The van der Waals surface area contributed by atoms with E-state index in [4.69, 9.17) is 0 Å². The van der Waals surface area contributed by atoms with E-state index in [-0.39, 0.29) is 0 Å². The predicted molar refractivity (Wildman–Crippen MR) is 58.4 cm³/mol. The SMILES string of the molecule is Cc1nc(C(C)(C)O)c(C)c(C)c1C. The molecule has 0 aliphatic heterocycles. The number of aromatic nitrogens is 1.